The van der Waals surface area contributed by atoms with Gasteiger partial charge in [-0.1, -0.05) is 25.1 Å². The minimum absolute atomic E-state index is 0.0636. The van der Waals surface area contributed by atoms with Gasteiger partial charge in [-0.05, 0) is 30.5 Å². The van der Waals surface area contributed by atoms with E-state index < -0.39 is 6.43 Å². The molecule has 100 valence electrons. The highest BCUT2D eigenvalue weighted by molar-refractivity contribution is 5.27. The summed E-state index contributed by atoms with van der Waals surface area (Å²) in [5, 5.41) is 0. The van der Waals surface area contributed by atoms with Gasteiger partial charge in [0.25, 0.3) is 6.43 Å². The van der Waals surface area contributed by atoms with Gasteiger partial charge >= 0.3 is 0 Å². The van der Waals surface area contributed by atoms with E-state index in [0.717, 1.165) is 25.1 Å². The van der Waals surface area contributed by atoms with E-state index in [-0.39, 0.29) is 11.6 Å². The van der Waals surface area contributed by atoms with Crippen LogP contribution in [0.1, 0.15) is 36.9 Å². The van der Waals surface area contributed by atoms with Crippen LogP contribution in [0.15, 0.2) is 24.3 Å². The highest BCUT2D eigenvalue weighted by Gasteiger charge is 2.26. The molecule has 1 heterocycles. The number of likely N-dealkylation sites (tertiary alicyclic amines) is 1. The summed E-state index contributed by atoms with van der Waals surface area (Å²) in [6, 6.07) is 6.71. The number of alkyl halides is 2. The zero-order chi connectivity index (χ0) is 13.1. The van der Waals surface area contributed by atoms with E-state index in [9.17, 15) is 8.78 Å². The molecule has 1 aliphatic heterocycles. The molecule has 1 fully saturated rings. The third kappa shape index (κ3) is 2.87. The largest absolute Gasteiger partial charge is 0.329 e. The normalized spacial score (nSPS) is 22.6. The van der Waals surface area contributed by atoms with Crippen molar-refractivity contribution in [3.8, 4) is 0 Å². The van der Waals surface area contributed by atoms with Crippen LogP contribution in [0.5, 0.6) is 0 Å². The van der Waals surface area contributed by atoms with Gasteiger partial charge in [0, 0.05) is 24.7 Å². The average Bonchev–Trinajstić information content (AvgIpc) is 2.77. The molecule has 0 aliphatic carbocycles. The molecule has 1 aliphatic rings. The van der Waals surface area contributed by atoms with E-state index in [2.05, 4.69) is 11.8 Å². The first-order chi connectivity index (χ1) is 8.61. The standard InChI is InChI=1S/C14H20F2N2/c1-10-5-6-18(9-10)13(8-17)11-3-2-4-12(7-11)14(15)16/h2-4,7,10,13-14H,5-6,8-9,17H2,1H3. The number of hydrogen-bond donors (Lipinski definition) is 1. The molecule has 1 aromatic carbocycles. The summed E-state index contributed by atoms with van der Waals surface area (Å²) >= 11 is 0. The molecule has 0 spiro atoms. The van der Waals surface area contributed by atoms with Gasteiger partial charge in [0.05, 0.1) is 0 Å². The van der Waals surface area contributed by atoms with Crippen LogP contribution in [0, 0.1) is 5.92 Å². The fourth-order valence-corrected chi connectivity index (χ4v) is 2.65. The van der Waals surface area contributed by atoms with Crippen molar-refractivity contribution in [2.75, 3.05) is 19.6 Å². The van der Waals surface area contributed by atoms with Gasteiger partial charge in [0.2, 0.25) is 0 Å². The molecule has 2 nitrogen and oxygen atoms in total. The molecule has 0 amide bonds. The maximum absolute atomic E-state index is 12.7. The summed E-state index contributed by atoms with van der Waals surface area (Å²) in [7, 11) is 0. The average molecular weight is 254 g/mol. The summed E-state index contributed by atoms with van der Waals surface area (Å²) in [6.07, 6.45) is -1.26. The van der Waals surface area contributed by atoms with Crippen LogP contribution < -0.4 is 5.73 Å². The van der Waals surface area contributed by atoms with Crippen LogP contribution in [-0.2, 0) is 0 Å². The molecule has 2 rings (SSSR count). The van der Waals surface area contributed by atoms with Gasteiger partial charge in [0.1, 0.15) is 0 Å². The molecular weight excluding hydrogens is 234 g/mol. The first-order valence-corrected chi connectivity index (χ1v) is 6.44. The summed E-state index contributed by atoms with van der Waals surface area (Å²) in [5.41, 5.74) is 6.82. The Morgan fingerprint density at radius 2 is 2.11 bits per heavy atom. The van der Waals surface area contributed by atoms with Crippen molar-refractivity contribution < 1.29 is 8.78 Å². The van der Waals surface area contributed by atoms with Crippen molar-refractivity contribution in [1.82, 2.24) is 4.90 Å². The molecular formula is C14H20F2N2. The molecule has 2 atom stereocenters. The molecule has 0 radical (unpaired) electrons. The number of nitrogens with two attached hydrogens (primary N) is 1. The van der Waals surface area contributed by atoms with Crippen molar-refractivity contribution in [2.24, 2.45) is 11.7 Å². The summed E-state index contributed by atoms with van der Waals surface area (Å²) in [5.74, 6) is 0.664. The number of halogens is 2. The van der Waals surface area contributed by atoms with E-state index in [0.29, 0.717) is 12.5 Å². The minimum Gasteiger partial charge on any atom is -0.329 e. The zero-order valence-electron chi connectivity index (χ0n) is 10.7. The molecule has 0 saturated carbocycles. The van der Waals surface area contributed by atoms with Crippen molar-refractivity contribution in [2.45, 2.75) is 25.8 Å². The number of hydrogen-bond acceptors (Lipinski definition) is 2. The smallest absolute Gasteiger partial charge is 0.263 e. The molecule has 4 heteroatoms. The van der Waals surface area contributed by atoms with Gasteiger partial charge in [0.15, 0.2) is 0 Å². The van der Waals surface area contributed by atoms with Crippen molar-refractivity contribution in [1.29, 1.82) is 0 Å². The third-order valence-electron chi connectivity index (χ3n) is 3.67. The predicted molar refractivity (Wildman–Crippen MR) is 68.5 cm³/mol. The lowest BCUT2D eigenvalue weighted by atomic mass is 10.0. The Hall–Kier alpha value is -1.00. The Balaban J connectivity index is 2.19. The van der Waals surface area contributed by atoms with Crippen molar-refractivity contribution in [3.05, 3.63) is 35.4 Å². The van der Waals surface area contributed by atoms with Crippen LogP contribution in [0.4, 0.5) is 8.78 Å². The quantitative estimate of drug-likeness (QED) is 0.895. The fourth-order valence-electron chi connectivity index (χ4n) is 2.65. The number of nitrogens with zero attached hydrogens (tertiary/aromatic N) is 1. The van der Waals surface area contributed by atoms with Gasteiger partial charge in [-0.3, -0.25) is 4.90 Å². The summed E-state index contributed by atoms with van der Waals surface area (Å²) in [4.78, 5) is 2.30. The second-order valence-corrected chi connectivity index (χ2v) is 5.11. The van der Waals surface area contributed by atoms with E-state index in [1.165, 1.54) is 6.07 Å². The lowest BCUT2D eigenvalue weighted by Crippen LogP contribution is -2.32. The van der Waals surface area contributed by atoms with E-state index in [1.54, 1.807) is 12.1 Å². The monoisotopic (exact) mass is 254 g/mol. The molecule has 2 unspecified atom stereocenters. The summed E-state index contributed by atoms with van der Waals surface area (Å²) in [6.45, 7) is 4.69. The molecule has 0 aromatic heterocycles. The molecule has 2 N–H and O–H groups in total. The third-order valence-corrected chi connectivity index (χ3v) is 3.67. The Labute approximate surface area is 107 Å². The molecule has 1 aromatic rings. The maximum atomic E-state index is 12.7. The number of rotatable bonds is 4. The number of benzene rings is 1. The van der Waals surface area contributed by atoms with E-state index >= 15 is 0 Å². The zero-order valence-corrected chi connectivity index (χ0v) is 10.7. The summed E-state index contributed by atoms with van der Waals surface area (Å²) < 4.78 is 25.4. The predicted octanol–water partition coefficient (Wildman–Crippen LogP) is 2.97. The van der Waals surface area contributed by atoms with Gasteiger partial charge in [-0.25, -0.2) is 8.78 Å². The SMILES string of the molecule is CC1CCN(C(CN)c2cccc(C(F)F)c2)C1. The second kappa shape index (κ2) is 5.76. The van der Waals surface area contributed by atoms with Crippen LogP contribution in [-0.4, -0.2) is 24.5 Å². The van der Waals surface area contributed by atoms with Gasteiger partial charge < -0.3 is 5.73 Å². The van der Waals surface area contributed by atoms with Gasteiger partial charge in [-0.2, -0.15) is 0 Å². The molecule has 18 heavy (non-hydrogen) atoms. The second-order valence-electron chi connectivity index (χ2n) is 5.11. The molecule has 0 bridgehead atoms. The molecule has 1 saturated heterocycles. The van der Waals surface area contributed by atoms with Crippen molar-refractivity contribution >= 4 is 0 Å². The van der Waals surface area contributed by atoms with Crippen LogP contribution in [0.2, 0.25) is 0 Å². The fraction of sp³-hybridized carbons (Fsp3) is 0.571. The first-order valence-electron chi connectivity index (χ1n) is 6.44. The highest BCUT2D eigenvalue weighted by atomic mass is 19.3. The highest BCUT2D eigenvalue weighted by Crippen LogP contribution is 2.29. The van der Waals surface area contributed by atoms with E-state index in [4.69, 9.17) is 5.73 Å². The van der Waals surface area contributed by atoms with Crippen LogP contribution in [0.3, 0.4) is 0 Å². The Kier molecular flexibility index (Phi) is 4.30. The van der Waals surface area contributed by atoms with Crippen LogP contribution in [0.25, 0.3) is 0 Å². The lowest BCUT2D eigenvalue weighted by molar-refractivity contribution is 0.151. The van der Waals surface area contributed by atoms with Gasteiger partial charge in [-0.15, -0.1) is 0 Å². The Morgan fingerprint density at radius 3 is 2.67 bits per heavy atom. The topological polar surface area (TPSA) is 29.3 Å². The van der Waals surface area contributed by atoms with Crippen molar-refractivity contribution in [3.63, 3.8) is 0 Å². The lowest BCUT2D eigenvalue weighted by Gasteiger charge is -2.27. The maximum Gasteiger partial charge on any atom is 0.263 e. The Morgan fingerprint density at radius 1 is 1.39 bits per heavy atom. The van der Waals surface area contributed by atoms with E-state index in [1.807, 2.05) is 6.07 Å². The Bertz CT molecular complexity index is 395. The van der Waals surface area contributed by atoms with Crippen LogP contribution >= 0.6 is 0 Å². The first kappa shape index (κ1) is 13.4. The minimum atomic E-state index is -2.42.